The fraction of sp³-hybridized carbons (Fsp3) is 0.857. The normalized spacial score (nSPS) is 14.7. The van der Waals surface area contributed by atoms with E-state index in [2.05, 4.69) is 9.47 Å². The second-order valence-corrected chi connectivity index (χ2v) is 3.25. The molecule has 0 saturated carbocycles. The largest absolute Gasteiger partial charge is 0.529 e. The Morgan fingerprint density at radius 2 is 0.958 bits per heavy atom. The molecule has 0 aliphatic heterocycles. The fourth-order valence-electron chi connectivity index (χ4n) is 0.784. The van der Waals surface area contributed by atoms with Gasteiger partial charge in [0, 0.05) is 0 Å². The first-order valence-corrected chi connectivity index (χ1v) is 4.78. The molecule has 17 heteroatoms. The predicted octanol–water partition coefficient (Wildman–Crippen LogP) is 2.99. The summed E-state index contributed by atoms with van der Waals surface area (Å²) in [6, 6.07) is 0. The predicted molar refractivity (Wildman–Crippen MR) is 42.2 cm³/mol. The molecular weight excluding hydrogens is 389 g/mol. The zero-order valence-electron chi connectivity index (χ0n) is 10.6. The molecule has 0 amide bonds. The van der Waals surface area contributed by atoms with Gasteiger partial charge in [0.15, 0.2) is 0 Å². The molecular formula is C7H3F11O6. The van der Waals surface area contributed by atoms with Crippen molar-refractivity contribution in [3.05, 3.63) is 0 Å². The first-order chi connectivity index (χ1) is 10.3. The minimum Gasteiger partial charge on any atom is -0.463 e. The third kappa shape index (κ3) is 8.41. The Kier molecular flexibility index (Phi) is 6.39. The van der Waals surface area contributed by atoms with Crippen LogP contribution in [0.15, 0.2) is 0 Å². The van der Waals surface area contributed by atoms with Crippen molar-refractivity contribution >= 4 is 5.97 Å². The summed E-state index contributed by atoms with van der Waals surface area (Å²) in [6.07, 6.45) is -30.7. The van der Waals surface area contributed by atoms with E-state index >= 15 is 0 Å². The second kappa shape index (κ2) is 6.81. The molecule has 0 aromatic rings. The summed E-state index contributed by atoms with van der Waals surface area (Å²) in [5.74, 6) is -2.83. The summed E-state index contributed by atoms with van der Waals surface area (Å²) in [5.41, 5.74) is 0. The maximum Gasteiger partial charge on any atom is 0.529 e. The molecule has 6 nitrogen and oxygen atoms in total. The van der Waals surface area contributed by atoms with E-state index in [0.717, 1.165) is 0 Å². The summed E-state index contributed by atoms with van der Waals surface area (Å²) in [4.78, 5) is 10.3. The number of carbonyl (C=O) groups is 1. The van der Waals surface area contributed by atoms with E-state index in [-0.39, 0.29) is 7.11 Å². The molecule has 0 aliphatic carbocycles. The molecule has 24 heavy (non-hydrogen) atoms. The van der Waals surface area contributed by atoms with Crippen molar-refractivity contribution in [1.82, 2.24) is 0 Å². The number of rotatable bonds is 8. The zero-order chi connectivity index (χ0) is 19.6. The third-order valence-corrected chi connectivity index (χ3v) is 1.38. The molecule has 144 valence electrons. The summed E-state index contributed by atoms with van der Waals surface area (Å²) >= 11 is 0. The summed E-state index contributed by atoms with van der Waals surface area (Å²) < 4.78 is 145. The second-order valence-electron chi connectivity index (χ2n) is 3.25. The van der Waals surface area contributed by atoms with E-state index in [1.54, 1.807) is 4.74 Å². The van der Waals surface area contributed by atoms with Crippen LogP contribution < -0.4 is 0 Å². The molecule has 0 N–H and O–H groups in total. The van der Waals surface area contributed by atoms with Gasteiger partial charge in [-0.05, 0) is 0 Å². The maximum absolute atomic E-state index is 12.6. The minimum atomic E-state index is -6.34. The van der Waals surface area contributed by atoms with E-state index in [4.69, 9.17) is 0 Å². The van der Waals surface area contributed by atoms with Gasteiger partial charge in [0.2, 0.25) is 0 Å². The molecule has 0 aromatic carbocycles. The quantitative estimate of drug-likeness (QED) is 0.360. The smallest absolute Gasteiger partial charge is 0.463 e. The average molecular weight is 392 g/mol. The van der Waals surface area contributed by atoms with Crippen molar-refractivity contribution < 1.29 is 76.8 Å². The minimum absolute atomic E-state index is 0.241. The molecule has 0 aliphatic rings. The molecule has 0 aromatic heterocycles. The standard InChI is InChI=1S/C7H3F11O6/c1-20-2(19)3(8,9)21-5(13,14)23-7(17,18)24-6(15,16)22-4(10,11)12/h1H3. The zero-order valence-corrected chi connectivity index (χ0v) is 10.6. The van der Waals surface area contributed by atoms with Gasteiger partial charge >= 0.3 is 37.3 Å². The van der Waals surface area contributed by atoms with Crippen LogP contribution in [-0.2, 0) is 28.5 Å². The monoisotopic (exact) mass is 392 g/mol. The lowest BCUT2D eigenvalue weighted by Gasteiger charge is -2.27. The number of methoxy groups -OCH3 is 1. The van der Waals surface area contributed by atoms with Crippen LogP contribution >= 0.6 is 0 Å². The number of ether oxygens (including phenoxy) is 5. The molecule has 0 bridgehead atoms. The van der Waals surface area contributed by atoms with E-state index in [9.17, 15) is 53.1 Å². The molecule has 0 spiro atoms. The van der Waals surface area contributed by atoms with Crippen molar-refractivity contribution in [1.29, 1.82) is 0 Å². The van der Waals surface area contributed by atoms with E-state index < -0.39 is 37.3 Å². The van der Waals surface area contributed by atoms with Crippen molar-refractivity contribution in [3.8, 4) is 0 Å². The Morgan fingerprint density at radius 3 is 1.29 bits per heavy atom. The highest BCUT2D eigenvalue weighted by Gasteiger charge is 2.61. The van der Waals surface area contributed by atoms with Crippen molar-refractivity contribution in [2.75, 3.05) is 7.11 Å². The first kappa shape index (κ1) is 22.5. The van der Waals surface area contributed by atoms with Gasteiger partial charge < -0.3 is 4.74 Å². The number of halogens is 11. The van der Waals surface area contributed by atoms with Gasteiger partial charge in [-0.1, -0.05) is 0 Å². The van der Waals surface area contributed by atoms with Crippen LogP contribution in [0, 0.1) is 0 Å². The average Bonchev–Trinajstić information content (AvgIpc) is 2.18. The SMILES string of the molecule is COC(=O)C(F)(F)OC(F)(F)OC(F)(F)OC(F)(F)OC(F)(F)F. The van der Waals surface area contributed by atoms with Gasteiger partial charge in [-0.15, -0.1) is 39.5 Å². The lowest BCUT2D eigenvalue weighted by atomic mass is 10.6. The van der Waals surface area contributed by atoms with Crippen LogP contribution in [0.3, 0.4) is 0 Å². The van der Waals surface area contributed by atoms with Gasteiger partial charge in [0.25, 0.3) is 0 Å². The fourth-order valence-corrected chi connectivity index (χ4v) is 0.784. The van der Waals surface area contributed by atoms with Gasteiger partial charge in [-0.3, -0.25) is 0 Å². The highest BCUT2D eigenvalue weighted by Crippen LogP contribution is 2.39. The van der Waals surface area contributed by atoms with Gasteiger partial charge in [0.1, 0.15) is 0 Å². The lowest BCUT2D eigenvalue weighted by molar-refractivity contribution is -0.608. The van der Waals surface area contributed by atoms with Gasteiger partial charge in [-0.25, -0.2) is 19.0 Å². The van der Waals surface area contributed by atoms with Crippen molar-refractivity contribution in [2.24, 2.45) is 0 Å². The molecule has 0 saturated heterocycles. The molecule has 0 heterocycles. The number of carbonyl (C=O) groups excluding carboxylic acids is 1. The van der Waals surface area contributed by atoms with Crippen LogP contribution in [0.1, 0.15) is 0 Å². The van der Waals surface area contributed by atoms with E-state index in [1.165, 1.54) is 0 Å². The van der Waals surface area contributed by atoms with Crippen LogP contribution in [0.25, 0.3) is 0 Å². The van der Waals surface area contributed by atoms with Crippen LogP contribution in [-0.4, -0.2) is 44.4 Å². The topological polar surface area (TPSA) is 63.2 Å². The van der Waals surface area contributed by atoms with E-state index in [1.807, 2.05) is 9.47 Å². The summed E-state index contributed by atoms with van der Waals surface area (Å²) in [6.45, 7) is 0. The summed E-state index contributed by atoms with van der Waals surface area (Å²) in [7, 11) is 0.241. The molecule has 0 atom stereocenters. The summed E-state index contributed by atoms with van der Waals surface area (Å²) in [5, 5.41) is 0. The highest BCUT2D eigenvalue weighted by atomic mass is 19.4. The third-order valence-electron chi connectivity index (χ3n) is 1.38. The molecule has 0 unspecified atom stereocenters. The van der Waals surface area contributed by atoms with Crippen LogP contribution in [0.2, 0.25) is 0 Å². The Bertz CT molecular complexity index is 447. The number of esters is 1. The number of alkyl halides is 11. The highest BCUT2D eigenvalue weighted by molar-refractivity contribution is 5.75. The Labute approximate surface area is 122 Å². The first-order valence-electron chi connectivity index (χ1n) is 4.78. The number of hydrogen-bond acceptors (Lipinski definition) is 6. The molecule has 0 rings (SSSR count). The van der Waals surface area contributed by atoms with Crippen molar-refractivity contribution in [3.63, 3.8) is 0 Å². The lowest BCUT2D eigenvalue weighted by Crippen LogP contribution is -2.48. The van der Waals surface area contributed by atoms with Crippen LogP contribution in [0.5, 0.6) is 0 Å². The van der Waals surface area contributed by atoms with Gasteiger partial charge in [-0.2, -0.15) is 13.5 Å². The Morgan fingerprint density at radius 1 is 0.625 bits per heavy atom. The van der Waals surface area contributed by atoms with Gasteiger partial charge in [0.05, 0.1) is 7.11 Å². The Hall–Kier alpha value is -1.46. The number of hydrogen-bond donors (Lipinski definition) is 0. The van der Waals surface area contributed by atoms with Crippen molar-refractivity contribution in [2.45, 2.75) is 31.4 Å². The maximum atomic E-state index is 12.6. The molecule has 0 fully saturated rings. The van der Waals surface area contributed by atoms with E-state index in [0.29, 0.717) is 0 Å². The molecule has 0 radical (unpaired) electrons. The Balaban J connectivity index is 5.04. The van der Waals surface area contributed by atoms with Crippen LogP contribution in [0.4, 0.5) is 48.3 Å².